The van der Waals surface area contributed by atoms with Crippen LogP contribution in [0.1, 0.15) is 29.9 Å². The monoisotopic (exact) mass is 273 g/mol. The van der Waals surface area contributed by atoms with Crippen molar-refractivity contribution in [2.75, 3.05) is 6.54 Å². The zero-order chi connectivity index (χ0) is 12.2. The lowest BCUT2D eigenvalue weighted by molar-refractivity contribution is 0.540. The minimum absolute atomic E-state index is 0. The van der Waals surface area contributed by atoms with Gasteiger partial charge >= 0.3 is 0 Å². The molecule has 100 valence electrons. The lowest BCUT2D eigenvalue weighted by atomic mass is 9.84. The average Bonchev–Trinajstić information content (AvgIpc) is 2.95. The number of rotatable bonds is 3. The van der Waals surface area contributed by atoms with Gasteiger partial charge in [-0.05, 0) is 30.5 Å². The predicted octanol–water partition coefficient (Wildman–Crippen LogP) is 3.99. The van der Waals surface area contributed by atoms with Crippen molar-refractivity contribution < 1.29 is 0 Å². The summed E-state index contributed by atoms with van der Waals surface area (Å²) in [6.45, 7) is 1.15. The molecule has 3 rings (SSSR count). The molecule has 0 aliphatic carbocycles. The summed E-state index contributed by atoms with van der Waals surface area (Å²) in [5.41, 5.74) is 2.84. The molecule has 0 saturated carbocycles. The fourth-order valence-corrected chi connectivity index (χ4v) is 2.97. The summed E-state index contributed by atoms with van der Waals surface area (Å²) in [4.78, 5) is 0. The molecule has 0 amide bonds. The van der Waals surface area contributed by atoms with Crippen LogP contribution in [0.15, 0.2) is 60.7 Å². The summed E-state index contributed by atoms with van der Waals surface area (Å²) in [5.74, 6) is 0.481. The molecule has 19 heavy (non-hydrogen) atoms. The highest BCUT2D eigenvalue weighted by molar-refractivity contribution is 5.85. The largest absolute Gasteiger partial charge is 0.313 e. The molecule has 1 fully saturated rings. The van der Waals surface area contributed by atoms with Crippen molar-refractivity contribution in [1.82, 2.24) is 5.32 Å². The first-order valence-corrected chi connectivity index (χ1v) is 6.78. The number of benzene rings is 2. The van der Waals surface area contributed by atoms with Crippen molar-refractivity contribution in [2.45, 2.75) is 24.8 Å². The van der Waals surface area contributed by atoms with E-state index in [-0.39, 0.29) is 12.4 Å². The van der Waals surface area contributed by atoms with Crippen molar-refractivity contribution in [3.63, 3.8) is 0 Å². The van der Waals surface area contributed by atoms with Crippen LogP contribution in [0.25, 0.3) is 0 Å². The Bertz CT molecular complexity index is 438. The first-order chi connectivity index (χ1) is 8.95. The van der Waals surface area contributed by atoms with Crippen molar-refractivity contribution in [2.24, 2.45) is 0 Å². The van der Waals surface area contributed by atoms with Crippen LogP contribution in [0, 0.1) is 0 Å². The lowest BCUT2D eigenvalue weighted by Gasteiger charge is -2.25. The van der Waals surface area contributed by atoms with Gasteiger partial charge in [-0.25, -0.2) is 0 Å². The maximum Gasteiger partial charge on any atom is 0.0243 e. The molecule has 0 aromatic heterocycles. The molecule has 1 nitrogen and oxygen atoms in total. The molecule has 0 radical (unpaired) electrons. The summed E-state index contributed by atoms with van der Waals surface area (Å²) in [6, 6.07) is 22.3. The number of hydrogen-bond acceptors (Lipinski definition) is 1. The zero-order valence-corrected chi connectivity index (χ0v) is 11.8. The third kappa shape index (κ3) is 3.17. The highest BCUT2D eigenvalue weighted by Gasteiger charge is 2.26. The van der Waals surface area contributed by atoms with E-state index < -0.39 is 0 Å². The summed E-state index contributed by atoms with van der Waals surface area (Å²) in [5, 5.41) is 3.65. The van der Waals surface area contributed by atoms with Crippen LogP contribution < -0.4 is 5.32 Å². The van der Waals surface area contributed by atoms with Gasteiger partial charge in [0.15, 0.2) is 0 Å². The Morgan fingerprint density at radius 3 is 1.79 bits per heavy atom. The van der Waals surface area contributed by atoms with E-state index in [0.717, 1.165) is 6.54 Å². The maximum absolute atomic E-state index is 3.65. The van der Waals surface area contributed by atoms with Gasteiger partial charge in [-0.1, -0.05) is 60.7 Å². The molecule has 0 bridgehead atoms. The Morgan fingerprint density at radius 2 is 1.37 bits per heavy atom. The molecule has 1 unspecified atom stereocenters. The molecule has 0 spiro atoms. The molecular weight excluding hydrogens is 254 g/mol. The van der Waals surface area contributed by atoms with Crippen LogP contribution in [0.2, 0.25) is 0 Å². The zero-order valence-electron chi connectivity index (χ0n) is 11.0. The first kappa shape index (κ1) is 14.1. The normalized spacial score (nSPS) is 18.3. The molecule has 1 N–H and O–H groups in total. The Morgan fingerprint density at radius 1 is 0.842 bits per heavy atom. The molecule has 1 heterocycles. The fraction of sp³-hybridized carbons (Fsp3) is 0.294. The first-order valence-electron chi connectivity index (χ1n) is 6.78. The Kier molecular flexibility index (Phi) is 5.00. The van der Waals surface area contributed by atoms with Crippen LogP contribution in [0.3, 0.4) is 0 Å². The highest BCUT2D eigenvalue weighted by atomic mass is 35.5. The Hall–Kier alpha value is -1.31. The van der Waals surface area contributed by atoms with E-state index in [4.69, 9.17) is 0 Å². The third-order valence-electron chi connectivity index (χ3n) is 3.82. The van der Waals surface area contributed by atoms with E-state index in [1.807, 2.05) is 0 Å². The molecule has 2 aromatic rings. The minimum Gasteiger partial charge on any atom is -0.313 e. The minimum atomic E-state index is 0. The number of hydrogen-bond donors (Lipinski definition) is 1. The van der Waals surface area contributed by atoms with Gasteiger partial charge in [-0.2, -0.15) is 0 Å². The van der Waals surface area contributed by atoms with E-state index in [9.17, 15) is 0 Å². The second-order valence-corrected chi connectivity index (χ2v) is 5.00. The predicted molar refractivity (Wildman–Crippen MR) is 83.0 cm³/mol. The van der Waals surface area contributed by atoms with Crippen LogP contribution in [0.4, 0.5) is 0 Å². The van der Waals surface area contributed by atoms with Crippen molar-refractivity contribution >= 4 is 12.4 Å². The van der Waals surface area contributed by atoms with Crippen molar-refractivity contribution in [3.05, 3.63) is 71.8 Å². The summed E-state index contributed by atoms with van der Waals surface area (Å²) >= 11 is 0. The molecule has 2 heteroatoms. The van der Waals surface area contributed by atoms with Gasteiger partial charge in [-0.3, -0.25) is 0 Å². The van der Waals surface area contributed by atoms with Gasteiger partial charge in [0, 0.05) is 12.0 Å². The van der Waals surface area contributed by atoms with Crippen molar-refractivity contribution in [3.8, 4) is 0 Å². The second-order valence-electron chi connectivity index (χ2n) is 5.00. The SMILES string of the molecule is Cl.c1ccc(C(c2ccccc2)C2CCCN2)cc1. The summed E-state index contributed by atoms with van der Waals surface area (Å²) < 4.78 is 0. The van der Waals surface area contributed by atoms with Gasteiger partial charge in [0.2, 0.25) is 0 Å². The molecule has 1 aliphatic rings. The smallest absolute Gasteiger partial charge is 0.0243 e. The fourth-order valence-electron chi connectivity index (χ4n) is 2.97. The number of nitrogens with one attached hydrogen (secondary N) is 1. The summed E-state index contributed by atoms with van der Waals surface area (Å²) in [6.07, 6.45) is 2.56. The average molecular weight is 274 g/mol. The van der Waals surface area contributed by atoms with Crippen LogP contribution in [0.5, 0.6) is 0 Å². The standard InChI is InChI=1S/C17H19N.ClH/c1-3-8-14(9-4-1)17(16-12-7-13-18-16)15-10-5-2-6-11-15;/h1-6,8-11,16-18H,7,12-13H2;1H. The third-order valence-corrected chi connectivity index (χ3v) is 3.82. The van der Waals surface area contributed by atoms with Crippen LogP contribution in [-0.4, -0.2) is 12.6 Å². The molecule has 1 atom stereocenters. The number of halogens is 1. The van der Waals surface area contributed by atoms with E-state index >= 15 is 0 Å². The molecule has 1 saturated heterocycles. The topological polar surface area (TPSA) is 12.0 Å². The summed E-state index contributed by atoms with van der Waals surface area (Å²) in [7, 11) is 0. The van der Waals surface area contributed by atoms with Crippen LogP contribution in [-0.2, 0) is 0 Å². The maximum atomic E-state index is 3.65. The highest BCUT2D eigenvalue weighted by Crippen LogP contribution is 2.31. The van der Waals surface area contributed by atoms with Gasteiger partial charge in [0.25, 0.3) is 0 Å². The molecule has 1 aliphatic heterocycles. The van der Waals surface area contributed by atoms with Gasteiger partial charge in [0.05, 0.1) is 0 Å². The van der Waals surface area contributed by atoms with E-state index in [2.05, 4.69) is 66.0 Å². The quantitative estimate of drug-likeness (QED) is 0.892. The van der Waals surface area contributed by atoms with E-state index in [0.29, 0.717) is 12.0 Å². The molecular formula is C17H20ClN. The van der Waals surface area contributed by atoms with Crippen LogP contribution >= 0.6 is 12.4 Å². The van der Waals surface area contributed by atoms with Gasteiger partial charge < -0.3 is 5.32 Å². The van der Waals surface area contributed by atoms with Crippen molar-refractivity contribution in [1.29, 1.82) is 0 Å². The van der Waals surface area contributed by atoms with Gasteiger partial charge in [0.1, 0.15) is 0 Å². The second kappa shape index (κ2) is 6.74. The lowest BCUT2D eigenvalue weighted by Crippen LogP contribution is -2.29. The molecule has 2 aromatic carbocycles. The van der Waals surface area contributed by atoms with Gasteiger partial charge in [-0.15, -0.1) is 12.4 Å². The Labute approximate surface area is 121 Å². The van der Waals surface area contributed by atoms with E-state index in [1.54, 1.807) is 0 Å². The Balaban J connectivity index is 0.00000133. The van der Waals surface area contributed by atoms with E-state index in [1.165, 1.54) is 24.0 Å².